The second-order valence-corrected chi connectivity index (χ2v) is 7.21. The Morgan fingerprint density at radius 2 is 1.89 bits per heavy atom. The molecule has 2 amide bonds. The second kappa shape index (κ2) is 7.61. The molecule has 1 aromatic heterocycles. The molecular formula is C20H24FN5O2. The third-order valence-corrected chi connectivity index (χ3v) is 5.52. The van der Waals surface area contributed by atoms with E-state index in [1.807, 2.05) is 11.1 Å². The van der Waals surface area contributed by atoms with Crippen molar-refractivity contribution < 1.29 is 14.0 Å². The van der Waals surface area contributed by atoms with Gasteiger partial charge in [0.2, 0.25) is 17.8 Å². The van der Waals surface area contributed by atoms with Crippen LogP contribution in [0.5, 0.6) is 0 Å². The summed E-state index contributed by atoms with van der Waals surface area (Å²) in [4.78, 5) is 35.4. The molecule has 8 heteroatoms. The number of aryl methyl sites for hydroxylation is 1. The standard InChI is InChI=1S/C20H24FN5O2/c1-2-23-8-7-22-20(23)25-11-9-24(10-12-25)19(28)15-13-18(27)26(14-15)17-5-3-16(21)4-6-17/h3-8,15H,2,9-14H2,1H3. The summed E-state index contributed by atoms with van der Waals surface area (Å²) in [6.07, 6.45) is 3.96. The minimum absolute atomic E-state index is 0.0245. The lowest BCUT2D eigenvalue weighted by Gasteiger charge is -2.36. The van der Waals surface area contributed by atoms with Crippen molar-refractivity contribution in [3.05, 3.63) is 42.5 Å². The van der Waals surface area contributed by atoms with Gasteiger partial charge in [0, 0.05) is 63.8 Å². The number of hydrogen-bond acceptors (Lipinski definition) is 4. The molecule has 0 bridgehead atoms. The Hall–Kier alpha value is -2.90. The minimum atomic E-state index is -0.346. The topological polar surface area (TPSA) is 61.7 Å². The Balaban J connectivity index is 1.37. The molecule has 148 valence electrons. The van der Waals surface area contributed by atoms with Gasteiger partial charge in [-0.1, -0.05) is 0 Å². The van der Waals surface area contributed by atoms with Gasteiger partial charge in [0.1, 0.15) is 5.82 Å². The van der Waals surface area contributed by atoms with Crippen molar-refractivity contribution in [2.45, 2.75) is 19.9 Å². The first-order valence-electron chi connectivity index (χ1n) is 9.67. The van der Waals surface area contributed by atoms with Crippen LogP contribution < -0.4 is 9.80 Å². The minimum Gasteiger partial charge on any atom is -0.339 e. The van der Waals surface area contributed by atoms with Gasteiger partial charge in [0.15, 0.2) is 0 Å². The first kappa shape index (κ1) is 18.5. The zero-order valence-corrected chi connectivity index (χ0v) is 15.9. The Morgan fingerprint density at radius 1 is 1.18 bits per heavy atom. The highest BCUT2D eigenvalue weighted by atomic mass is 19.1. The van der Waals surface area contributed by atoms with E-state index >= 15 is 0 Å². The predicted molar refractivity (Wildman–Crippen MR) is 104 cm³/mol. The summed E-state index contributed by atoms with van der Waals surface area (Å²) in [5.41, 5.74) is 0.637. The lowest BCUT2D eigenvalue weighted by Crippen LogP contribution is -2.51. The molecule has 7 nitrogen and oxygen atoms in total. The predicted octanol–water partition coefficient (Wildman–Crippen LogP) is 1.74. The van der Waals surface area contributed by atoms with Gasteiger partial charge in [0.25, 0.3) is 0 Å². The van der Waals surface area contributed by atoms with E-state index < -0.39 is 0 Å². The number of rotatable bonds is 4. The first-order valence-corrected chi connectivity index (χ1v) is 9.67. The van der Waals surface area contributed by atoms with Crippen molar-refractivity contribution in [3.63, 3.8) is 0 Å². The molecule has 2 aliphatic rings. The Bertz CT molecular complexity index is 858. The van der Waals surface area contributed by atoms with Crippen LogP contribution in [0.25, 0.3) is 0 Å². The maximum atomic E-state index is 13.1. The van der Waals surface area contributed by atoms with E-state index in [9.17, 15) is 14.0 Å². The number of nitrogens with zero attached hydrogens (tertiary/aromatic N) is 5. The van der Waals surface area contributed by atoms with Gasteiger partial charge in [-0.05, 0) is 31.2 Å². The number of piperazine rings is 1. The highest BCUT2D eigenvalue weighted by Gasteiger charge is 2.38. The van der Waals surface area contributed by atoms with Crippen molar-refractivity contribution >= 4 is 23.5 Å². The summed E-state index contributed by atoms with van der Waals surface area (Å²) >= 11 is 0. The fourth-order valence-corrected chi connectivity index (χ4v) is 3.96. The number of halogens is 1. The van der Waals surface area contributed by atoms with Crippen LogP contribution in [0.1, 0.15) is 13.3 Å². The molecule has 2 fully saturated rings. The highest BCUT2D eigenvalue weighted by Crippen LogP contribution is 2.27. The van der Waals surface area contributed by atoms with E-state index in [0.29, 0.717) is 25.3 Å². The van der Waals surface area contributed by atoms with E-state index in [4.69, 9.17) is 0 Å². The van der Waals surface area contributed by atoms with Gasteiger partial charge in [-0.3, -0.25) is 9.59 Å². The van der Waals surface area contributed by atoms with Gasteiger partial charge in [-0.25, -0.2) is 9.37 Å². The van der Waals surface area contributed by atoms with Crippen molar-refractivity contribution in [3.8, 4) is 0 Å². The van der Waals surface area contributed by atoms with Crippen LogP contribution in [0.3, 0.4) is 0 Å². The Morgan fingerprint density at radius 3 is 2.57 bits per heavy atom. The summed E-state index contributed by atoms with van der Waals surface area (Å²) in [5.74, 6) is 0.185. The maximum absolute atomic E-state index is 13.1. The molecule has 2 aromatic rings. The monoisotopic (exact) mass is 385 g/mol. The van der Waals surface area contributed by atoms with E-state index in [0.717, 1.165) is 25.6 Å². The largest absolute Gasteiger partial charge is 0.339 e. The van der Waals surface area contributed by atoms with Gasteiger partial charge in [0.05, 0.1) is 5.92 Å². The highest BCUT2D eigenvalue weighted by molar-refractivity contribution is 6.00. The van der Waals surface area contributed by atoms with Crippen LogP contribution in [-0.2, 0) is 16.1 Å². The van der Waals surface area contributed by atoms with Crippen LogP contribution in [0.4, 0.5) is 16.0 Å². The number of benzene rings is 1. The first-order chi connectivity index (χ1) is 13.6. The zero-order chi connectivity index (χ0) is 19.7. The second-order valence-electron chi connectivity index (χ2n) is 7.21. The molecular weight excluding hydrogens is 361 g/mol. The summed E-state index contributed by atoms with van der Waals surface area (Å²) in [5, 5.41) is 0. The molecule has 0 spiro atoms. The van der Waals surface area contributed by atoms with E-state index in [1.54, 1.807) is 23.2 Å². The lowest BCUT2D eigenvalue weighted by molar-refractivity contribution is -0.136. The Kier molecular flexibility index (Phi) is 5.02. The molecule has 4 rings (SSSR count). The number of aromatic nitrogens is 2. The summed E-state index contributed by atoms with van der Waals surface area (Å²) in [7, 11) is 0. The average molecular weight is 385 g/mol. The fraction of sp³-hybridized carbons (Fsp3) is 0.450. The van der Waals surface area contributed by atoms with Gasteiger partial charge < -0.3 is 19.3 Å². The smallest absolute Gasteiger partial charge is 0.228 e. The molecule has 1 unspecified atom stereocenters. The summed E-state index contributed by atoms with van der Waals surface area (Å²) in [6, 6.07) is 5.82. The van der Waals surface area contributed by atoms with Gasteiger partial charge in [-0.15, -0.1) is 0 Å². The fourth-order valence-electron chi connectivity index (χ4n) is 3.96. The number of carbonyl (C=O) groups is 2. The molecule has 3 heterocycles. The van der Waals surface area contributed by atoms with Crippen LogP contribution in [0.2, 0.25) is 0 Å². The molecule has 2 saturated heterocycles. The van der Waals surface area contributed by atoms with E-state index in [1.165, 1.54) is 12.1 Å². The van der Waals surface area contributed by atoms with Crippen molar-refractivity contribution in [2.75, 3.05) is 42.5 Å². The number of hydrogen-bond donors (Lipinski definition) is 0. The molecule has 2 aliphatic heterocycles. The number of carbonyl (C=O) groups excluding carboxylic acids is 2. The van der Waals surface area contributed by atoms with Gasteiger partial charge >= 0.3 is 0 Å². The molecule has 0 N–H and O–H groups in total. The van der Waals surface area contributed by atoms with Crippen LogP contribution in [0, 0.1) is 11.7 Å². The average Bonchev–Trinajstić information content (AvgIpc) is 3.35. The van der Waals surface area contributed by atoms with Crippen LogP contribution in [0.15, 0.2) is 36.7 Å². The van der Waals surface area contributed by atoms with Crippen LogP contribution in [-0.4, -0.2) is 59.0 Å². The molecule has 0 aliphatic carbocycles. The van der Waals surface area contributed by atoms with Crippen molar-refractivity contribution in [1.29, 1.82) is 0 Å². The third-order valence-electron chi connectivity index (χ3n) is 5.52. The van der Waals surface area contributed by atoms with Crippen molar-refractivity contribution in [2.24, 2.45) is 5.92 Å². The molecule has 1 aromatic carbocycles. The van der Waals surface area contributed by atoms with E-state index in [-0.39, 0.29) is 30.0 Å². The number of imidazole rings is 1. The normalized spacial score (nSPS) is 20.1. The molecule has 28 heavy (non-hydrogen) atoms. The SMILES string of the molecule is CCn1ccnc1N1CCN(C(=O)C2CC(=O)N(c3ccc(F)cc3)C2)CC1. The molecule has 0 saturated carbocycles. The van der Waals surface area contributed by atoms with Crippen molar-refractivity contribution in [1.82, 2.24) is 14.5 Å². The molecule has 0 radical (unpaired) electrons. The van der Waals surface area contributed by atoms with Gasteiger partial charge in [-0.2, -0.15) is 0 Å². The number of anilines is 2. The zero-order valence-electron chi connectivity index (χ0n) is 15.9. The summed E-state index contributed by atoms with van der Waals surface area (Å²) < 4.78 is 15.2. The number of amides is 2. The lowest BCUT2D eigenvalue weighted by atomic mass is 10.1. The third kappa shape index (κ3) is 3.46. The maximum Gasteiger partial charge on any atom is 0.228 e. The summed E-state index contributed by atoms with van der Waals surface area (Å²) in [6.45, 7) is 5.99. The molecule has 1 atom stereocenters. The Labute approximate surface area is 163 Å². The van der Waals surface area contributed by atoms with Crippen LogP contribution >= 0.6 is 0 Å². The quantitative estimate of drug-likeness (QED) is 0.805. The van der Waals surface area contributed by atoms with E-state index in [2.05, 4.69) is 21.4 Å².